The summed E-state index contributed by atoms with van der Waals surface area (Å²) >= 11 is 7.64. The Morgan fingerprint density at radius 2 is 1.88 bits per heavy atom. The Labute approximate surface area is 161 Å². The second-order valence-corrected chi connectivity index (χ2v) is 7.75. The molecule has 134 valence electrons. The first-order valence-corrected chi connectivity index (χ1v) is 9.75. The van der Waals surface area contributed by atoms with Crippen LogP contribution in [0, 0.1) is 0 Å². The third-order valence-corrected chi connectivity index (χ3v) is 5.74. The van der Waals surface area contributed by atoms with Crippen molar-refractivity contribution in [3.05, 3.63) is 64.9 Å². The van der Waals surface area contributed by atoms with Crippen LogP contribution < -0.4 is 4.90 Å². The van der Waals surface area contributed by atoms with Gasteiger partial charge in [-0.2, -0.15) is 0 Å². The molecule has 26 heavy (non-hydrogen) atoms. The molecule has 1 saturated heterocycles. The number of carbonyl (C=O) groups excluding carboxylic acids is 1. The van der Waals surface area contributed by atoms with E-state index in [-0.39, 0.29) is 5.91 Å². The highest BCUT2D eigenvalue weighted by molar-refractivity contribution is 7.14. The van der Waals surface area contributed by atoms with E-state index in [9.17, 15) is 4.79 Å². The number of carbonyl (C=O) groups is 1. The standard InChI is InChI=1S/C19H19ClN4OS/c20-15-4-3-5-16(12-15)22-8-10-23(11-9-22)18(25)13-17-14-21-19(26-17)24-6-1-2-7-24/h1-7,12,14H,8-11,13H2. The van der Waals surface area contributed by atoms with Crippen molar-refractivity contribution >= 4 is 34.5 Å². The minimum atomic E-state index is 0.165. The van der Waals surface area contributed by atoms with Crippen LogP contribution in [0.4, 0.5) is 5.69 Å². The van der Waals surface area contributed by atoms with Gasteiger partial charge in [0.25, 0.3) is 0 Å². The van der Waals surface area contributed by atoms with E-state index in [1.54, 1.807) is 17.5 Å². The van der Waals surface area contributed by atoms with Crippen LogP contribution in [0.15, 0.2) is 55.0 Å². The maximum Gasteiger partial charge on any atom is 0.228 e. The maximum absolute atomic E-state index is 12.6. The largest absolute Gasteiger partial charge is 0.368 e. The number of halogens is 1. The average Bonchev–Trinajstić information content (AvgIpc) is 3.33. The van der Waals surface area contributed by atoms with Crippen LogP contribution >= 0.6 is 22.9 Å². The number of anilines is 1. The third-order valence-electron chi connectivity index (χ3n) is 4.50. The monoisotopic (exact) mass is 386 g/mol. The average molecular weight is 387 g/mol. The number of aromatic nitrogens is 2. The molecule has 1 aliphatic rings. The number of piperazine rings is 1. The van der Waals surface area contributed by atoms with E-state index in [1.165, 1.54) is 0 Å². The van der Waals surface area contributed by atoms with Crippen molar-refractivity contribution in [3.8, 4) is 5.13 Å². The fraction of sp³-hybridized carbons (Fsp3) is 0.263. The number of hydrogen-bond acceptors (Lipinski definition) is 4. The first-order valence-electron chi connectivity index (χ1n) is 8.55. The lowest BCUT2D eigenvalue weighted by Crippen LogP contribution is -2.49. The summed E-state index contributed by atoms with van der Waals surface area (Å²) < 4.78 is 1.96. The van der Waals surface area contributed by atoms with Crippen LogP contribution in [0.2, 0.25) is 5.02 Å². The van der Waals surface area contributed by atoms with Crippen molar-refractivity contribution in [2.75, 3.05) is 31.1 Å². The molecule has 0 spiro atoms. The van der Waals surface area contributed by atoms with Crippen LogP contribution in [0.1, 0.15) is 4.88 Å². The Morgan fingerprint density at radius 1 is 1.12 bits per heavy atom. The second-order valence-electron chi connectivity index (χ2n) is 6.22. The molecule has 3 aromatic rings. The number of rotatable bonds is 4. The highest BCUT2D eigenvalue weighted by Crippen LogP contribution is 2.22. The zero-order valence-electron chi connectivity index (χ0n) is 14.2. The normalized spacial score (nSPS) is 14.7. The molecule has 0 unspecified atom stereocenters. The molecule has 0 bridgehead atoms. The highest BCUT2D eigenvalue weighted by Gasteiger charge is 2.22. The van der Waals surface area contributed by atoms with E-state index in [0.29, 0.717) is 6.42 Å². The molecule has 5 nitrogen and oxygen atoms in total. The van der Waals surface area contributed by atoms with Crippen LogP contribution in [-0.4, -0.2) is 46.5 Å². The fourth-order valence-electron chi connectivity index (χ4n) is 3.11. The van der Waals surface area contributed by atoms with Crippen LogP contribution in [0.3, 0.4) is 0 Å². The summed E-state index contributed by atoms with van der Waals surface area (Å²) in [6.45, 7) is 3.11. The van der Waals surface area contributed by atoms with Gasteiger partial charge in [-0.25, -0.2) is 4.98 Å². The topological polar surface area (TPSA) is 41.4 Å². The number of amides is 1. The summed E-state index contributed by atoms with van der Waals surface area (Å²) in [5.41, 5.74) is 1.11. The third kappa shape index (κ3) is 3.76. The zero-order valence-corrected chi connectivity index (χ0v) is 15.8. The van der Waals surface area contributed by atoms with Crippen LogP contribution in [-0.2, 0) is 11.2 Å². The van der Waals surface area contributed by atoms with E-state index >= 15 is 0 Å². The maximum atomic E-state index is 12.6. The zero-order chi connectivity index (χ0) is 17.9. The van der Waals surface area contributed by atoms with E-state index in [2.05, 4.69) is 16.0 Å². The van der Waals surface area contributed by atoms with Crippen molar-refractivity contribution < 1.29 is 4.79 Å². The smallest absolute Gasteiger partial charge is 0.228 e. The lowest BCUT2D eigenvalue weighted by molar-refractivity contribution is -0.130. The molecule has 2 aromatic heterocycles. The molecular formula is C19H19ClN4OS. The van der Waals surface area contributed by atoms with Gasteiger partial charge < -0.3 is 14.4 Å². The van der Waals surface area contributed by atoms with Gasteiger partial charge in [0.05, 0.1) is 6.42 Å². The summed E-state index contributed by atoms with van der Waals surface area (Å²) in [6, 6.07) is 11.8. The van der Waals surface area contributed by atoms with E-state index in [4.69, 9.17) is 11.6 Å². The van der Waals surface area contributed by atoms with Gasteiger partial charge in [0.15, 0.2) is 5.13 Å². The van der Waals surface area contributed by atoms with Crippen molar-refractivity contribution in [1.29, 1.82) is 0 Å². The fourth-order valence-corrected chi connectivity index (χ4v) is 4.16. The van der Waals surface area contributed by atoms with Gasteiger partial charge in [-0.1, -0.05) is 17.7 Å². The molecule has 4 rings (SSSR count). The molecule has 1 aromatic carbocycles. The molecule has 7 heteroatoms. The van der Waals surface area contributed by atoms with Crippen LogP contribution in [0.25, 0.3) is 5.13 Å². The van der Waals surface area contributed by atoms with Gasteiger partial charge in [-0.15, -0.1) is 11.3 Å². The molecule has 1 fully saturated rings. The molecule has 1 aliphatic heterocycles. The first-order chi connectivity index (χ1) is 12.7. The van der Waals surface area contributed by atoms with Gasteiger partial charge in [0, 0.05) is 60.4 Å². The number of thiazole rings is 1. The van der Waals surface area contributed by atoms with Gasteiger partial charge >= 0.3 is 0 Å². The molecule has 0 N–H and O–H groups in total. The molecule has 0 radical (unpaired) electrons. The van der Waals surface area contributed by atoms with Gasteiger partial charge in [-0.05, 0) is 30.3 Å². The Morgan fingerprint density at radius 3 is 2.62 bits per heavy atom. The number of hydrogen-bond donors (Lipinski definition) is 0. The van der Waals surface area contributed by atoms with Gasteiger partial charge in [0.1, 0.15) is 0 Å². The summed E-state index contributed by atoms with van der Waals surface area (Å²) in [5, 5.41) is 1.63. The highest BCUT2D eigenvalue weighted by atomic mass is 35.5. The number of benzene rings is 1. The second kappa shape index (κ2) is 7.51. The van der Waals surface area contributed by atoms with Crippen molar-refractivity contribution in [3.63, 3.8) is 0 Å². The van der Waals surface area contributed by atoms with Crippen molar-refractivity contribution in [2.24, 2.45) is 0 Å². The molecule has 0 saturated carbocycles. The lowest BCUT2D eigenvalue weighted by Gasteiger charge is -2.36. The Hall–Kier alpha value is -2.31. The molecule has 0 atom stereocenters. The first kappa shape index (κ1) is 17.1. The molecular weight excluding hydrogens is 368 g/mol. The Kier molecular flexibility index (Phi) is 4.95. The minimum absolute atomic E-state index is 0.165. The molecule has 0 aliphatic carbocycles. The molecule has 1 amide bonds. The lowest BCUT2D eigenvalue weighted by atomic mass is 10.2. The Bertz CT molecular complexity index is 885. The SMILES string of the molecule is O=C(Cc1cnc(-n2cccc2)s1)N1CCN(c2cccc(Cl)c2)CC1. The number of nitrogens with zero attached hydrogens (tertiary/aromatic N) is 4. The minimum Gasteiger partial charge on any atom is -0.368 e. The predicted molar refractivity (Wildman–Crippen MR) is 105 cm³/mol. The van der Waals surface area contributed by atoms with Gasteiger partial charge in [-0.3, -0.25) is 4.79 Å². The van der Waals surface area contributed by atoms with E-state index < -0.39 is 0 Å². The summed E-state index contributed by atoms with van der Waals surface area (Å²) in [4.78, 5) is 22.2. The van der Waals surface area contributed by atoms with E-state index in [0.717, 1.165) is 46.9 Å². The molecule has 3 heterocycles. The summed E-state index contributed by atoms with van der Waals surface area (Å²) in [7, 11) is 0. The summed E-state index contributed by atoms with van der Waals surface area (Å²) in [6.07, 6.45) is 6.13. The van der Waals surface area contributed by atoms with Crippen molar-refractivity contribution in [2.45, 2.75) is 6.42 Å². The van der Waals surface area contributed by atoms with Crippen LogP contribution in [0.5, 0.6) is 0 Å². The van der Waals surface area contributed by atoms with Crippen molar-refractivity contribution in [1.82, 2.24) is 14.5 Å². The van der Waals surface area contributed by atoms with E-state index in [1.807, 2.05) is 52.2 Å². The quantitative estimate of drug-likeness (QED) is 0.689. The van der Waals surface area contributed by atoms with Gasteiger partial charge in [0.2, 0.25) is 5.91 Å². The summed E-state index contributed by atoms with van der Waals surface area (Å²) in [5.74, 6) is 0.165. The Balaban J connectivity index is 1.34. The predicted octanol–water partition coefficient (Wildman–Crippen LogP) is 3.48.